The van der Waals surface area contributed by atoms with Crippen LogP contribution in [0, 0.1) is 10.1 Å². The molecule has 11 heteroatoms. The zero-order valence-corrected chi connectivity index (χ0v) is 23.5. The summed E-state index contributed by atoms with van der Waals surface area (Å²) in [5.41, 5.74) is 3.14. The SMILES string of the molecule is Nc1c2c(c([N+](=O)[O-])c(-c3ccc(OCCCCCCOC4CCCCO4)cc3)c1C(=O)O)C(=O)c1ccccc1C2=O. The molecule has 224 valence electrons. The van der Waals surface area contributed by atoms with E-state index in [0.29, 0.717) is 19.0 Å². The second kappa shape index (κ2) is 13.1. The lowest BCUT2D eigenvalue weighted by atomic mass is 9.78. The molecule has 1 atom stereocenters. The molecule has 1 unspecified atom stereocenters. The third-order valence-corrected chi connectivity index (χ3v) is 7.67. The van der Waals surface area contributed by atoms with E-state index < -0.39 is 50.5 Å². The minimum absolute atomic E-state index is 0.00830. The molecule has 0 radical (unpaired) electrons. The number of aromatic carboxylic acids is 1. The van der Waals surface area contributed by atoms with Gasteiger partial charge in [0.2, 0.25) is 5.78 Å². The van der Waals surface area contributed by atoms with Crippen LogP contribution in [0.15, 0.2) is 48.5 Å². The molecule has 0 aromatic heterocycles. The largest absolute Gasteiger partial charge is 0.494 e. The highest BCUT2D eigenvalue weighted by molar-refractivity contribution is 6.33. The Hall–Kier alpha value is -4.61. The number of nitrogen functional groups attached to an aromatic ring is 1. The minimum atomic E-state index is -1.56. The summed E-state index contributed by atoms with van der Waals surface area (Å²) in [5.74, 6) is -2.58. The zero-order valence-electron chi connectivity index (χ0n) is 23.5. The van der Waals surface area contributed by atoms with E-state index in [1.54, 1.807) is 18.2 Å². The molecule has 1 aliphatic heterocycles. The average molecular weight is 589 g/mol. The van der Waals surface area contributed by atoms with Gasteiger partial charge in [-0.1, -0.05) is 42.8 Å². The topological polar surface area (TPSA) is 168 Å². The van der Waals surface area contributed by atoms with E-state index in [9.17, 15) is 29.6 Å². The van der Waals surface area contributed by atoms with Gasteiger partial charge in [0.25, 0.3) is 5.69 Å². The second-order valence-electron chi connectivity index (χ2n) is 10.5. The third-order valence-electron chi connectivity index (χ3n) is 7.67. The predicted octanol–water partition coefficient (Wildman–Crippen LogP) is 5.80. The maximum Gasteiger partial charge on any atom is 0.338 e. The number of rotatable bonds is 12. The first-order valence-corrected chi connectivity index (χ1v) is 14.3. The molecule has 3 N–H and O–H groups in total. The number of benzene rings is 3. The van der Waals surface area contributed by atoms with Crippen molar-refractivity contribution in [2.45, 2.75) is 51.2 Å². The number of unbranched alkanes of at least 4 members (excludes halogenated alkanes) is 3. The van der Waals surface area contributed by atoms with E-state index in [-0.39, 0.29) is 28.5 Å². The second-order valence-corrected chi connectivity index (χ2v) is 10.5. The van der Waals surface area contributed by atoms with Crippen LogP contribution >= 0.6 is 0 Å². The normalized spacial score (nSPS) is 16.0. The molecule has 5 rings (SSSR count). The lowest BCUT2D eigenvalue weighted by Gasteiger charge is -2.22. The number of nitrogens with two attached hydrogens (primary N) is 1. The summed E-state index contributed by atoms with van der Waals surface area (Å²) < 4.78 is 17.1. The van der Waals surface area contributed by atoms with Crippen molar-refractivity contribution in [2.75, 3.05) is 25.6 Å². The lowest BCUT2D eigenvalue weighted by molar-refractivity contribution is -0.384. The Bertz CT molecular complexity index is 1560. The van der Waals surface area contributed by atoms with E-state index in [2.05, 4.69) is 0 Å². The van der Waals surface area contributed by atoms with Crippen molar-refractivity contribution in [2.24, 2.45) is 0 Å². The monoisotopic (exact) mass is 588 g/mol. The maximum absolute atomic E-state index is 13.5. The fourth-order valence-electron chi connectivity index (χ4n) is 5.57. The van der Waals surface area contributed by atoms with Crippen LogP contribution < -0.4 is 10.5 Å². The highest BCUT2D eigenvalue weighted by Crippen LogP contribution is 2.46. The molecule has 43 heavy (non-hydrogen) atoms. The third kappa shape index (κ3) is 6.13. The molecule has 1 aliphatic carbocycles. The number of anilines is 1. The van der Waals surface area contributed by atoms with Gasteiger partial charge in [-0.15, -0.1) is 0 Å². The number of carboxylic acids is 1. The van der Waals surface area contributed by atoms with Gasteiger partial charge in [0.15, 0.2) is 12.1 Å². The van der Waals surface area contributed by atoms with E-state index in [4.69, 9.17) is 19.9 Å². The van der Waals surface area contributed by atoms with Crippen LogP contribution in [0.1, 0.15) is 87.1 Å². The summed E-state index contributed by atoms with van der Waals surface area (Å²) in [6.45, 7) is 1.88. The van der Waals surface area contributed by atoms with Gasteiger partial charge < -0.3 is 25.1 Å². The molecule has 3 aromatic carbocycles. The Kier molecular flexibility index (Phi) is 9.13. The summed E-state index contributed by atoms with van der Waals surface area (Å²) >= 11 is 0. The van der Waals surface area contributed by atoms with Crippen molar-refractivity contribution in [1.82, 2.24) is 0 Å². The van der Waals surface area contributed by atoms with Crippen LogP contribution in [-0.2, 0) is 9.47 Å². The number of ether oxygens (including phenoxy) is 3. The zero-order chi connectivity index (χ0) is 30.5. The predicted molar refractivity (Wildman–Crippen MR) is 157 cm³/mol. The number of fused-ring (bicyclic) bond motifs is 2. The van der Waals surface area contributed by atoms with Crippen LogP contribution in [0.4, 0.5) is 11.4 Å². The molecule has 0 spiro atoms. The first-order chi connectivity index (χ1) is 20.8. The molecule has 0 bridgehead atoms. The first-order valence-electron chi connectivity index (χ1n) is 14.3. The number of carboxylic acid groups (broad SMARTS) is 1. The Balaban J connectivity index is 1.31. The smallest absolute Gasteiger partial charge is 0.338 e. The summed E-state index contributed by atoms with van der Waals surface area (Å²) in [4.78, 5) is 50.7. The van der Waals surface area contributed by atoms with Crippen molar-refractivity contribution < 1.29 is 38.6 Å². The average Bonchev–Trinajstić information content (AvgIpc) is 3.01. The number of nitro groups is 1. The highest BCUT2D eigenvalue weighted by Gasteiger charge is 2.42. The Morgan fingerprint density at radius 3 is 2.19 bits per heavy atom. The lowest BCUT2D eigenvalue weighted by Crippen LogP contribution is -2.26. The molecule has 1 saturated heterocycles. The molecule has 1 fully saturated rings. The molecule has 11 nitrogen and oxygen atoms in total. The van der Waals surface area contributed by atoms with Crippen molar-refractivity contribution in [3.8, 4) is 16.9 Å². The molecule has 1 heterocycles. The van der Waals surface area contributed by atoms with Crippen LogP contribution in [0.3, 0.4) is 0 Å². The number of nitro benzene ring substituents is 1. The Morgan fingerprint density at radius 2 is 1.58 bits per heavy atom. The highest BCUT2D eigenvalue weighted by atomic mass is 16.7. The number of hydrogen-bond donors (Lipinski definition) is 2. The summed E-state index contributed by atoms with van der Waals surface area (Å²) in [6.07, 6.45) is 6.78. The molecule has 3 aromatic rings. The number of carbonyl (C=O) groups excluding carboxylic acids is 2. The van der Waals surface area contributed by atoms with Gasteiger partial charge in [0.05, 0.1) is 33.9 Å². The maximum atomic E-state index is 13.5. The first kappa shape index (κ1) is 29.9. The summed E-state index contributed by atoms with van der Waals surface area (Å²) in [6, 6.07) is 12.0. The van der Waals surface area contributed by atoms with Gasteiger partial charge in [-0.05, 0) is 56.2 Å². The standard InChI is InChI=1S/C32H32N2O9/c33-28-25-27(31(36)22-10-4-3-9-21(22)30(25)35)29(34(39)40)24(26(28)32(37)38)19-12-14-20(15-13-19)41-16-6-1-2-7-17-42-23-11-5-8-18-43-23/h3-4,9-10,12-15,23H,1-2,5-8,11,16-18,33H2,(H,37,38). The minimum Gasteiger partial charge on any atom is -0.494 e. The fourth-order valence-corrected chi connectivity index (χ4v) is 5.57. The van der Waals surface area contributed by atoms with E-state index in [1.165, 1.54) is 30.3 Å². The summed E-state index contributed by atoms with van der Waals surface area (Å²) in [7, 11) is 0. The van der Waals surface area contributed by atoms with Crippen LogP contribution in [0.25, 0.3) is 11.1 Å². The van der Waals surface area contributed by atoms with Gasteiger partial charge in [-0.3, -0.25) is 19.7 Å². The van der Waals surface area contributed by atoms with Gasteiger partial charge in [0, 0.05) is 24.3 Å². The Morgan fingerprint density at radius 1 is 0.930 bits per heavy atom. The number of carbonyl (C=O) groups is 3. The van der Waals surface area contributed by atoms with Gasteiger partial charge in [0.1, 0.15) is 11.3 Å². The number of hydrogen-bond acceptors (Lipinski definition) is 9. The van der Waals surface area contributed by atoms with Crippen molar-refractivity contribution in [3.05, 3.63) is 86.5 Å². The number of ketones is 2. The quantitative estimate of drug-likeness (QED) is 0.0893. The van der Waals surface area contributed by atoms with Crippen LogP contribution in [-0.4, -0.2) is 53.7 Å². The molecule has 2 aliphatic rings. The summed E-state index contributed by atoms with van der Waals surface area (Å²) in [5, 5.41) is 22.5. The molecular weight excluding hydrogens is 556 g/mol. The van der Waals surface area contributed by atoms with Crippen molar-refractivity contribution in [3.63, 3.8) is 0 Å². The molecule has 0 saturated carbocycles. The van der Waals surface area contributed by atoms with Crippen LogP contribution in [0.2, 0.25) is 0 Å². The van der Waals surface area contributed by atoms with Crippen molar-refractivity contribution in [1.29, 1.82) is 0 Å². The fraction of sp³-hybridized carbons (Fsp3) is 0.344. The van der Waals surface area contributed by atoms with E-state index >= 15 is 0 Å². The van der Waals surface area contributed by atoms with Gasteiger partial charge in [-0.25, -0.2) is 4.79 Å². The Labute approximate surface area is 247 Å². The van der Waals surface area contributed by atoms with Crippen molar-refractivity contribution >= 4 is 28.9 Å². The van der Waals surface area contributed by atoms with Gasteiger partial charge in [-0.2, -0.15) is 0 Å². The van der Waals surface area contributed by atoms with Crippen LogP contribution in [0.5, 0.6) is 5.75 Å². The molecule has 0 amide bonds. The van der Waals surface area contributed by atoms with E-state index in [1.807, 2.05) is 0 Å². The molecular formula is C32H32N2O9. The van der Waals surface area contributed by atoms with E-state index in [0.717, 1.165) is 51.6 Å². The number of nitrogens with zero attached hydrogens (tertiary/aromatic N) is 1. The van der Waals surface area contributed by atoms with Gasteiger partial charge >= 0.3 is 5.97 Å².